The number of aromatic amines is 2. The Kier molecular flexibility index (Phi) is 14.9. The predicted octanol–water partition coefficient (Wildman–Crippen LogP) is -3.98. The molecule has 9 heterocycles. The summed E-state index contributed by atoms with van der Waals surface area (Å²) >= 11 is 0. The number of nitrogens with one attached hydrogen (secondary N) is 2. The van der Waals surface area contributed by atoms with Crippen LogP contribution in [0.25, 0.3) is 33.5 Å². The van der Waals surface area contributed by atoms with Crippen molar-refractivity contribution in [3.05, 3.63) is 51.7 Å². The molecule has 6 aromatic rings. The lowest BCUT2D eigenvalue weighted by Crippen LogP contribution is -2.46. The Hall–Kier alpha value is -4.95. The van der Waals surface area contributed by atoms with Crippen LogP contribution in [0.5, 0.6) is 0 Å². The van der Waals surface area contributed by atoms with Crippen molar-refractivity contribution in [2.45, 2.75) is 80.5 Å². The maximum Gasteiger partial charge on any atom is 0.490 e. The van der Waals surface area contributed by atoms with Crippen molar-refractivity contribution in [3.63, 3.8) is 0 Å². The van der Waals surface area contributed by atoms with Crippen LogP contribution < -0.4 is 27.2 Å². The smallest absolute Gasteiger partial charge is 0.387 e. The van der Waals surface area contributed by atoms with Gasteiger partial charge in [-0.2, -0.15) is 13.6 Å². The number of phosphoric acid groups is 4. The zero-order valence-electron chi connectivity index (χ0n) is 38.4. The number of H-pyrrole nitrogens is 2. The molecule has 38 nitrogen and oxygen atoms in total. The van der Waals surface area contributed by atoms with Gasteiger partial charge in [0.05, 0.1) is 45.2 Å². The van der Waals surface area contributed by atoms with E-state index in [-0.39, 0.29) is 39.9 Å². The number of hydrogen-bond acceptors (Lipinski definition) is 28. The molecular weight excluding hydrogens is 1100 g/mol. The number of rotatable bonds is 19. The standard InChI is InChI=1S/C33H44N14O24P4/c1-11-15-24(37-7-36-11)45(8-38-15)29-20(50)18(48)12(66-29)4-63-72(54,55)69-22-14(68-31(23(22)62-3)46-9-39-16-25(46)40-32(34)42-27(16)52)6-65-74(58,59)71-75(60,61)70-73(56,57)64-5-13-19(49)21(51)30(67-13)47-10-44(2)17-26(47)41-33(35)43-28(17)53/h7-10,12-14,18-23,29-31,48-51H,4-6H2,1-3H3,(H9-,34,35,40,41,42,43,52,53,54,55,56,57,58,59,60,61)/p+1. The fourth-order valence-corrected chi connectivity index (χ4v) is 12.9. The van der Waals surface area contributed by atoms with E-state index in [1.807, 2.05) is 0 Å². The molecule has 0 radical (unpaired) electrons. The summed E-state index contributed by atoms with van der Waals surface area (Å²) in [5.74, 6) is -0.702. The zero-order valence-corrected chi connectivity index (χ0v) is 42.0. The summed E-state index contributed by atoms with van der Waals surface area (Å²) in [7, 11) is -21.0. The van der Waals surface area contributed by atoms with E-state index < -0.39 is 136 Å². The Bertz CT molecular complexity index is 3470. The number of aliphatic hydroxyl groups excluding tert-OH is 4. The molecule has 3 aliphatic rings. The molecule has 0 amide bonds. The molecule has 0 aliphatic carbocycles. The molecule has 410 valence electrons. The lowest BCUT2D eigenvalue weighted by Gasteiger charge is -2.26. The first-order chi connectivity index (χ1) is 35.2. The quantitative estimate of drug-likeness (QED) is 0.0272. The van der Waals surface area contributed by atoms with Crippen molar-refractivity contribution in [1.29, 1.82) is 0 Å². The number of aliphatic hydroxyl groups is 4. The van der Waals surface area contributed by atoms with Crippen molar-refractivity contribution in [2.75, 3.05) is 38.4 Å². The molecule has 3 saturated heterocycles. The van der Waals surface area contributed by atoms with Crippen LogP contribution in [0.1, 0.15) is 24.4 Å². The van der Waals surface area contributed by atoms with Gasteiger partial charge in [0.25, 0.3) is 17.1 Å². The molecule has 16 unspecified atom stereocenters. The third-order valence-corrected chi connectivity index (χ3v) is 16.9. The van der Waals surface area contributed by atoms with E-state index in [0.29, 0.717) is 11.2 Å². The number of aryl methyl sites for hydroxylation is 2. The van der Waals surface area contributed by atoms with E-state index in [1.165, 1.54) is 35.2 Å². The molecule has 6 aromatic heterocycles. The number of fused-ring (bicyclic) bond motifs is 3. The summed E-state index contributed by atoms with van der Waals surface area (Å²) in [5, 5.41) is 43.2. The highest BCUT2D eigenvalue weighted by Crippen LogP contribution is 2.68. The van der Waals surface area contributed by atoms with Gasteiger partial charge in [0, 0.05) is 7.11 Å². The summed E-state index contributed by atoms with van der Waals surface area (Å²) < 4.78 is 109. The average Bonchev–Trinajstić information content (AvgIpc) is 4.17. The topological polar surface area (TPSA) is 536 Å². The van der Waals surface area contributed by atoms with Gasteiger partial charge < -0.3 is 70.4 Å². The minimum atomic E-state index is -6.22. The van der Waals surface area contributed by atoms with Gasteiger partial charge in [0.15, 0.2) is 35.6 Å². The van der Waals surface area contributed by atoms with Gasteiger partial charge in [-0.25, -0.2) is 42.8 Å². The molecule has 3 aliphatic heterocycles. The van der Waals surface area contributed by atoms with Crippen LogP contribution in [0, 0.1) is 6.92 Å². The van der Waals surface area contributed by atoms with Crippen molar-refractivity contribution in [3.8, 4) is 0 Å². The summed E-state index contributed by atoms with van der Waals surface area (Å²) in [5.41, 5.74) is 10.3. The SMILES string of the molecule is COC1C(OP(=O)(O)OCC2OC(n3cnc4c(C)ncnc43)C(O)C2O)C(COP(=O)(O)OP(=O)(O)OP(=O)(O)OCC2OC([n+]3cn(C)c4c(=O)[nH]c(N)nc43)C(O)C2O)OC1n1cnc2c(=O)[nH]c(N)nc21. The number of anilines is 2. The number of nitrogens with zero attached hydrogens (tertiary/aromatic N) is 10. The fraction of sp³-hybridized carbons (Fsp3) is 0.545. The number of methoxy groups -OCH3 is 1. The largest absolute Gasteiger partial charge is 0.490 e. The van der Waals surface area contributed by atoms with Crippen LogP contribution in [0.2, 0.25) is 0 Å². The molecule has 9 rings (SSSR count). The van der Waals surface area contributed by atoms with Crippen LogP contribution in [0.4, 0.5) is 11.9 Å². The lowest BCUT2D eigenvalue weighted by atomic mass is 10.1. The normalized spacial score (nSPS) is 30.5. The van der Waals surface area contributed by atoms with Crippen molar-refractivity contribution >= 4 is 76.7 Å². The first-order valence-corrected chi connectivity index (χ1v) is 27.3. The highest BCUT2D eigenvalue weighted by atomic mass is 31.3. The Balaban J connectivity index is 0.868. The number of imidazole rings is 3. The minimum Gasteiger partial charge on any atom is -0.387 e. The first-order valence-electron chi connectivity index (χ1n) is 21.4. The molecule has 42 heteroatoms. The van der Waals surface area contributed by atoms with Gasteiger partial charge in [0.1, 0.15) is 66.8 Å². The van der Waals surface area contributed by atoms with Gasteiger partial charge in [-0.3, -0.25) is 51.4 Å². The molecule has 3 fully saturated rings. The molecule has 16 atom stereocenters. The number of hydrogen-bond donors (Lipinski definition) is 12. The van der Waals surface area contributed by atoms with E-state index in [1.54, 1.807) is 6.92 Å². The zero-order chi connectivity index (χ0) is 54.3. The molecule has 75 heavy (non-hydrogen) atoms. The summed E-state index contributed by atoms with van der Waals surface area (Å²) in [4.78, 5) is 96.3. The fourth-order valence-electron chi connectivity index (χ4n) is 8.39. The Morgan fingerprint density at radius 1 is 0.680 bits per heavy atom. The van der Waals surface area contributed by atoms with E-state index >= 15 is 0 Å². The third kappa shape index (κ3) is 11.0. The monoisotopic (exact) mass is 1150 g/mol. The molecule has 0 spiro atoms. The molecular formula is C33H45N14O24P4+. The first kappa shape index (κ1) is 54.8. The van der Waals surface area contributed by atoms with Crippen molar-refractivity contribution in [2.24, 2.45) is 7.05 Å². The Morgan fingerprint density at radius 3 is 1.91 bits per heavy atom. The average molecular weight is 1150 g/mol. The third-order valence-electron chi connectivity index (χ3n) is 11.7. The second-order valence-corrected chi connectivity index (χ2v) is 22.7. The van der Waals surface area contributed by atoms with Gasteiger partial charge in [-0.15, -0.1) is 0 Å². The molecule has 0 bridgehead atoms. The van der Waals surface area contributed by atoms with Gasteiger partial charge in [-0.1, -0.05) is 4.98 Å². The van der Waals surface area contributed by atoms with E-state index in [9.17, 15) is 67.8 Å². The van der Waals surface area contributed by atoms with Crippen LogP contribution in [0.15, 0.2) is 34.9 Å². The summed E-state index contributed by atoms with van der Waals surface area (Å²) in [6.45, 7) is -1.73. The second-order valence-electron chi connectivity index (χ2n) is 16.7. The number of aromatic nitrogens is 12. The second kappa shape index (κ2) is 20.4. The Morgan fingerprint density at radius 2 is 1.24 bits per heavy atom. The van der Waals surface area contributed by atoms with Gasteiger partial charge >= 0.3 is 36.9 Å². The summed E-state index contributed by atoms with van der Waals surface area (Å²) in [6.07, 6.45) is -15.3. The van der Waals surface area contributed by atoms with Crippen LogP contribution >= 0.6 is 31.3 Å². The number of nitrogen functional groups attached to an aromatic ring is 2. The number of ether oxygens (including phenoxy) is 4. The number of phosphoric ester groups is 3. The number of nitrogens with two attached hydrogens (primary N) is 2. The van der Waals surface area contributed by atoms with Crippen molar-refractivity contribution in [1.82, 2.24) is 53.6 Å². The maximum atomic E-state index is 13.7. The van der Waals surface area contributed by atoms with Crippen LogP contribution in [-0.4, -0.2) is 175 Å². The minimum absolute atomic E-state index is 0.0249. The van der Waals surface area contributed by atoms with Gasteiger partial charge in [0.2, 0.25) is 17.7 Å². The maximum absolute atomic E-state index is 13.7. The highest BCUT2D eigenvalue weighted by molar-refractivity contribution is 7.66. The lowest BCUT2D eigenvalue weighted by molar-refractivity contribution is -0.745. The molecule has 0 saturated carbocycles. The van der Waals surface area contributed by atoms with Crippen LogP contribution in [-0.2, 0) is 71.0 Å². The van der Waals surface area contributed by atoms with E-state index in [4.69, 9.17) is 44.0 Å². The van der Waals surface area contributed by atoms with E-state index in [0.717, 1.165) is 22.6 Å². The predicted molar refractivity (Wildman–Crippen MR) is 239 cm³/mol. The summed E-state index contributed by atoms with van der Waals surface area (Å²) in [6, 6.07) is 0. The van der Waals surface area contributed by atoms with E-state index in [2.05, 4.69) is 53.0 Å². The Labute approximate surface area is 415 Å². The highest BCUT2D eigenvalue weighted by Gasteiger charge is 2.54. The molecule has 14 N–H and O–H groups in total. The molecule has 0 aromatic carbocycles. The van der Waals surface area contributed by atoms with Crippen molar-refractivity contribution < 1.29 is 108 Å². The van der Waals surface area contributed by atoms with Crippen LogP contribution in [0.3, 0.4) is 0 Å². The van der Waals surface area contributed by atoms with Gasteiger partial charge in [-0.05, 0) is 6.92 Å².